The van der Waals surface area contributed by atoms with Gasteiger partial charge in [0, 0.05) is 12.1 Å². The summed E-state index contributed by atoms with van der Waals surface area (Å²) >= 11 is 0. The first-order valence-corrected chi connectivity index (χ1v) is 7.90. The Morgan fingerprint density at radius 3 is 2.38 bits per heavy atom. The third-order valence-corrected chi connectivity index (χ3v) is 3.58. The lowest BCUT2D eigenvalue weighted by molar-refractivity contribution is 0.0953. The van der Waals surface area contributed by atoms with E-state index in [0.717, 1.165) is 17.7 Å². The second-order valence-corrected chi connectivity index (χ2v) is 5.15. The Morgan fingerprint density at radius 1 is 1.00 bits per heavy atom. The van der Waals surface area contributed by atoms with Crippen molar-refractivity contribution in [2.24, 2.45) is 0 Å². The molecule has 2 aromatic carbocycles. The summed E-state index contributed by atoms with van der Waals surface area (Å²) in [5, 5.41) is 2.92. The molecule has 2 aromatic rings. The summed E-state index contributed by atoms with van der Waals surface area (Å²) in [5.41, 5.74) is 1.69. The molecule has 0 saturated carbocycles. The van der Waals surface area contributed by atoms with E-state index < -0.39 is 0 Å². The van der Waals surface area contributed by atoms with Crippen molar-refractivity contribution >= 4 is 5.91 Å². The highest BCUT2D eigenvalue weighted by atomic mass is 16.5. The number of hydrogen-bond donors (Lipinski definition) is 1. The molecule has 0 aliphatic heterocycles. The molecule has 0 saturated heterocycles. The summed E-state index contributed by atoms with van der Waals surface area (Å²) in [4.78, 5) is 12.3. The zero-order valence-electron chi connectivity index (χ0n) is 14.3. The molecule has 5 nitrogen and oxygen atoms in total. The predicted molar refractivity (Wildman–Crippen MR) is 93.2 cm³/mol. The lowest BCUT2D eigenvalue weighted by Gasteiger charge is -2.11. The molecular formula is C19H23NO4. The molecule has 0 radical (unpaired) electrons. The third-order valence-electron chi connectivity index (χ3n) is 3.58. The fourth-order valence-electron chi connectivity index (χ4n) is 2.30. The Balaban J connectivity index is 1.92. The van der Waals surface area contributed by atoms with Gasteiger partial charge in [-0.05, 0) is 49.2 Å². The summed E-state index contributed by atoms with van der Waals surface area (Å²) in [6.07, 6.45) is 0.754. The Hall–Kier alpha value is -2.69. The molecular weight excluding hydrogens is 306 g/mol. The highest BCUT2D eigenvalue weighted by Crippen LogP contribution is 2.28. The molecule has 1 amide bonds. The van der Waals surface area contributed by atoms with E-state index in [2.05, 4.69) is 5.32 Å². The SMILES string of the molecule is CCOc1cc(C(=O)NCCc2ccc(OC)cc2)ccc1OC. The maximum Gasteiger partial charge on any atom is 0.251 e. The van der Waals surface area contributed by atoms with Gasteiger partial charge in [0.25, 0.3) is 5.91 Å². The van der Waals surface area contributed by atoms with Gasteiger partial charge in [0.2, 0.25) is 0 Å². The van der Waals surface area contributed by atoms with E-state index in [1.54, 1.807) is 32.4 Å². The maximum absolute atomic E-state index is 12.3. The number of nitrogens with one attached hydrogen (secondary N) is 1. The fraction of sp³-hybridized carbons (Fsp3) is 0.316. The van der Waals surface area contributed by atoms with Crippen LogP contribution in [-0.4, -0.2) is 33.3 Å². The minimum Gasteiger partial charge on any atom is -0.497 e. The number of carbonyl (C=O) groups excluding carboxylic acids is 1. The van der Waals surface area contributed by atoms with Crippen LogP contribution in [0.3, 0.4) is 0 Å². The van der Waals surface area contributed by atoms with Gasteiger partial charge in [0.05, 0.1) is 20.8 Å². The second-order valence-electron chi connectivity index (χ2n) is 5.15. The number of rotatable bonds is 8. The van der Waals surface area contributed by atoms with Gasteiger partial charge < -0.3 is 19.5 Å². The summed E-state index contributed by atoms with van der Waals surface area (Å²) < 4.78 is 15.8. The molecule has 0 bridgehead atoms. The van der Waals surface area contributed by atoms with Crippen molar-refractivity contribution in [3.05, 3.63) is 53.6 Å². The number of methoxy groups -OCH3 is 2. The molecule has 0 aliphatic carbocycles. The number of benzene rings is 2. The molecule has 0 heterocycles. The van der Waals surface area contributed by atoms with E-state index in [9.17, 15) is 4.79 Å². The molecule has 0 atom stereocenters. The highest BCUT2D eigenvalue weighted by Gasteiger charge is 2.10. The minimum atomic E-state index is -0.132. The van der Waals surface area contributed by atoms with Crippen molar-refractivity contribution < 1.29 is 19.0 Å². The number of hydrogen-bond acceptors (Lipinski definition) is 4. The standard InChI is InChI=1S/C19H23NO4/c1-4-24-18-13-15(7-10-17(18)23-3)19(21)20-12-11-14-5-8-16(22-2)9-6-14/h5-10,13H,4,11-12H2,1-3H3,(H,20,21). The zero-order chi connectivity index (χ0) is 17.4. The minimum absolute atomic E-state index is 0.132. The second kappa shape index (κ2) is 8.82. The van der Waals surface area contributed by atoms with Crippen LogP contribution in [0.25, 0.3) is 0 Å². The van der Waals surface area contributed by atoms with Crippen LogP contribution in [0.15, 0.2) is 42.5 Å². The van der Waals surface area contributed by atoms with Crippen molar-refractivity contribution in [1.29, 1.82) is 0 Å². The fourth-order valence-corrected chi connectivity index (χ4v) is 2.30. The van der Waals surface area contributed by atoms with Gasteiger partial charge in [-0.15, -0.1) is 0 Å². The van der Waals surface area contributed by atoms with Crippen molar-refractivity contribution in [3.8, 4) is 17.2 Å². The van der Waals surface area contributed by atoms with E-state index in [0.29, 0.717) is 30.2 Å². The Labute approximate surface area is 142 Å². The van der Waals surface area contributed by atoms with Crippen LogP contribution in [0, 0.1) is 0 Å². The average molecular weight is 329 g/mol. The molecule has 1 N–H and O–H groups in total. The topological polar surface area (TPSA) is 56.8 Å². The van der Waals surface area contributed by atoms with Crippen molar-refractivity contribution in [3.63, 3.8) is 0 Å². The molecule has 0 fully saturated rings. The van der Waals surface area contributed by atoms with Crippen LogP contribution in [0.5, 0.6) is 17.2 Å². The molecule has 5 heteroatoms. The summed E-state index contributed by atoms with van der Waals surface area (Å²) in [6, 6.07) is 13.0. The number of ether oxygens (including phenoxy) is 3. The first-order chi connectivity index (χ1) is 11.7. The summed E-state index contributed by atoms with van der Waals surface area (Å²) in [5.74, 6) is 1.88. The normalized spacial score (nSPS) is 10.1. The van der Waals surface area contributed by atoms with E-state index in [-0.39, 0.29) is 5.91 Å². The molecule has 128 valence electrons. The molecule has 24 heavy (non-hydrogen) atoms. The van der Waals surface area contributed by atoms with Gasteiger partial charge in [-0.1, -0.05) is 12.1 Å². The lowest BCUT2D eigenvalue weighted by atomic mass is 10.1. The smallest absolute Gasteiger partial charge is 0.251 e. The first kappa shape index (κ1) is 17.7. The number of amides is 1. The molecule has 0 aromatic heterocycles. The van der Waals surface area contributed by atoms with Crippen LogP contribution in [0.1, 0.15) is 22.8 Å². The first-order valence-electron chi connectivity index (χ1n) is 7.90. The Bertz CT molecular complexity index is 668. The number of carbonyl (C=O) groups is 1. The van der Waals surface area contributed by atoms with Gasteiger partial charge in [-0.3, -0.25) is 4.79 Å². The van der Waals surface area contributed by atoms with Crippen LogP contribution >= 0.6 is 0 Å². The van der Waals surface area contributed by atoms with Gasteiger partial charge in [-0.25, -0.2) is 0 Å². The van der Waals surface area contributed by atoms with Crippen molar-refractivity contribution in [1.82, 2.24) is 5.32 Å². The quantitative estimate of drug-likeness (QED) is 0.809. The molecule has 2 rings (SSSR count). The monoisotopic (exact) mass is 329 g/mol. The van der Waals surface area contributed by atoms with Crippen LogP contribution in [-0.2, 0) is 6.42 Å². The largest absolute Gasteiger partial charge is 0.497 e. The Kier molecular flexibility index (Phi) is 6.49. The van der Waals surface area contributed by atoms with Gasteiger partial charge in [0.15, 0.2) is 11.5 Å². The van der Waals surface area contributed by atoms with Gasteiger partial charge in [0.1, 0.15) is 5.75 Å². The maximum atomic E-state index is 12.3. The van der Waals surface area contributed by atoms with Crippen LogP contribution in [0.4, 0.5) is 0 Å². The van der Waals surface area contributed by atoms with Crippen molar-refractivity contribution in [2.45, 2.75) is 13.3 Å². The van der Waals surface area contributed by atoms with Crippen LogP contribution in [0.2, 0.25) is 0 Å². The van der Waals surface area contributed by atoms with E-state index in [1.807, 2.05) is 31.2 Å². The van der Waals surface area contributed by atoms with Crippen molar-refractivity contribution in [2.75, 3.05) is 27.4 Å². The van der Waals surface area contributed by atoms with E-state index in [1.165, 1.54) is 0 Å². The average Bonchev–Trinajstić information content (AvgIpc) is 2.62. The molecule has 0 aliphatic rings. The lowest BCUT2D eigenvalue weighted by Crippen LogP contribution is -2.25. The van der Waals surface area contributed by atoms with Gasteiger partial charge >= 0.3 is 0 Å². The van der Waals surface area contributed by atoms with E-state index in [4.69, 9.17) is 14.2 Å². The zero-order valence-corrected chi connectivity index (χ0v) is 14.3. The molecule has 0 spiro atoms. The Morgan fingerprint density at radius 2 is 1.75 bits per heavy atom. The predicted octanol–water partition coefficient (Wildman–Crippen LogP) is 3.08. The third kappa shape index (κ3) is 4.65. The summed E-state index contributed by atoms with van der Waals surface area (Å²) in [6.45, 7) is 2.96. The molecule has 0 unspecified atom stereocenters. The van der Waals surface area contributed by atoms with E-state index >= 15 is 0 Å². The highest BCUT2D eigenvalue weighted by molar-refractivity contribution is 5.94. The van der Waals surface area contributed by atoms with Gasteiger partial charge in [-0.2, -0.15) is 0 Å². The van der Waals surface area contributed by atoms with Crippen LogP contribution < -0.4 is 19.5 Å². The summed E-state index contributed by atoms with van der Waals surface area (Å²) in [7, 11) is 3.22.